The number of halogens is 3. The van der Waals surface area contributed by atoms with Crippen molar-refractivity contribution >= 4 is 11.5 Å². The molecule has 0 aliphatic carbocycles. The molecular weight excluding hydrogens is 641 g/mol. The number of phenolic OH excluding ortho intramolecular Hbond substituents is 1. The van der Waals surface area contributed by atoms with Crippen molar-refractivity contribution in [2.45, 2.75) is 26.4 Å². The van der Waals surface area contributed by atoms with Crippen LogP contribution in [0.15, 0.2) is 36.5 Å². The van der Waals surface area contributed by atoms with Crippen LogP contribution in [0.5, 0.6) is 5.75 Å². The molecule has 0 spiro atoms. The summed E-state index contributed by atoms with van der Waals surface area (Å²) in [4.78, 5) is 5.86. The van der Waals surface area contributed by atoms with E-state index in [-0.39, 0.29) is 85.6 Å². The van der Waals surface area contributed by atoms with Gasteiger partial charge in [-0.25, -0.2) is 18.2 Å². The number of benzene rings is 2. The van der Waals surface area contributed by atoms with Gasteiger partial charge >= 0.3 is 0 Å². The number of hydrogen-bond acceptors (Lipinski definition) is 5. The van der Waals surface area contributed by atoms with Crippen molar-refractivity contribution in [3.8, 4) is 28.0 Å². The number of ether oxygens (including phenoxy) is 1. The summed E-state index contributed by atoms with van der Waals surface area (Å²) in [7, 11) is 0. The molecule has 192 valence electrons. The van der Waals surface area contributed by atoms with Crippen LogP contribution in [0.25, 0.3) is 28.0 Å². The summed E-state index contributed by atoms with van der Waals surface area (Å²) >= 11 is 0. The second kappa shape index (κ2) is 11.6. The molecule has 10 heteroatoms. The summed E-state index contributed by atoms with van der Waals surface area (Å²) in [6.07, 6.45) is 1.45. The zero-order valence-corrected chi connectivity index (χ0v) is 23.0. The van der Waals surface area contributed by atoms with Gasteiger partial charge in [-0.15, -0.1) is 6.54 Å². The Morgan fingerprint density at radius 1 is 1.14 bits per heavy atom. The summed E-state index contributed by atoms with van der Waals surface area (Å²) in [6, 6.07) is 6.81. The number of hydrogen-bond donors (Lipinski definition) is 2. The van der Waals surface area contributed by atoms with Gasteiger partial charge in [0.05, 0.1) is 18.4 Å². The van der Waals surface area contributed by atoms with Gasteiger partial charge in [0.25, 0.3) is 0 Å². The zero-order valence-electron chi connectivity index (χ0n) is 20.0. The van der Waals surface area contributed by atoms with Gasteiger partial charge in [0.15, 0.2) is 11.6 Å². The second-order valence-corrected chi connectivity index (χ2v) is 8.98. The molecule has 3 aromatic rings. The molecular formula is C26H28F3N4O2W-. The van der Waals surface area contributed by atoms with Crippen LogP contribution in [-0.2, 0) is 32.2 Å². The number of pyridine rings is 1. The van der Waals surface area contributed by atoms with Crippen molar-refractivity contribution < 1.29 is 44.1 Å². The van der Waals surface area contributed by atoms with Crippen LogP contribution in [0.1, 0.15) is 19.4 Å². The van der Waals surface area contributed by atoms with Crippen molar-refractivity contribution in [2.24, 2.45) is 5.92 Å². The molecule has 1 atom stereocenters. The number of aromatic nitrogens is 1. The van der Waals surface area contributed by atoms with Crippen LogP contribution >= 0.6 is 0 Å². The number of nitrogens with zero attached hydrogens (tertiary/aromatic N) is 2. The third-order valence-electron chi connectivity index (χ3n) is 6.32. The van der Waals surface area contributed by atoms with Crippen molar-refractivity contribution in [3.05, 3.63) is 65.3 Å². The van der Waals surface area contributed by atoms with Gasteiger partial charge in [0.1, 0.15) is 17.4 Å². The molecule has 2 heterocycles. The number of nitrogens with two attached hydrogens (primary N) is 1. The Bertz CT molecular complexity index is 1240. The molecule has 0 radical (unpaired) electrons. The third kappa shape index (κ3) is 5.53. The second-order valence-electron chi connectivity index (χ2n) is 8.98. The van der Waals surface area contributed by atoms with Gasteiger partial charge < -0.3 is 26.2 Å². The number of phenols is 1. The van der Waals surface area contributed by atoms with Gasteiger partial charge in [0.2, 0.25) is 0 Å². The molecule has 4 N–H and O–H groups in total. The fourth-order valence-corrected chi connectivity index (χ4v) is 4.29. The SMILES string of the molecule is CC(C)C1CN(c2ccc(-c3cnc(N)c(-c4cc(CC[NH-])c(O)cc4F)c3)c(F)c2F)CCO1.[W]. The predicted octanol–water partition coefficient (Wildman–Crippen LogP) is 5.57. The minimum absolute atomic E-state index is 0. The molecule has 1 fully saturated rings. The van der Waals surface area contributed by atoms with E-state index in [2.05, 4.69) is 4.98 Å². The first-order chi connectivity index (χ1) is 16.7. The van der Waals surface area contributed by atoms with Crippen molar-refractivity contribution in [1.82, 2.24) is 4.98 Å². The van der Waals surface area contributed by atoms with E-state index in [1.54, 1.807) is 4.90 Å². The summed E-state index contributed by atoms with van der Waals surface area (Å²) in [5, 5.41) is 9.97. The molecule has 36 heavy (non-hydrogen) atoms. The van der Waals surface area contributed by atoms with E-state index in [1.807, 2.05) is 13.8 Å². The normalized spacial score (nSPS) is 15.8. The Morgan fingerprint density at radius 3 is 2.58 bits per heavy atom. The van der Waals surface area contributed by atoms with Crippen molar-refractivity contribution in [2.75, 3.05) is 36.9 Å². The standard InChI is InChI=1S/C26H28F3N4O2.W/c1-14(2)23-13-33(7-8-35-23)21-4-3-17(24(28)25(21)29)16-10-19(26(31)32-12-16)18-9-15(5-6-30)22(34)11-20(18)27;/h3-4,9-12,14,23,30,34H,5-8,13H2,1-2H3,(H2,31,32);/q-1;. The monoisotopic (exact) mass is 669 g/mol. The van der Waals surface area contributed by atoms with E-state index < -0.39 is 17.5 Å². The Hall–Kier alpha value is -2.61. The minimum atomic E-state index is -1.03. The molecule has 4 rings (SSSR count). The molecule has 1 saturated heterocycles. The van der Waals surface area contributed by atoms with Gasteiger partial charge in [0, 0.05) is 68.7 Å². The first-order valence-corrected chi connectivity index (χ1v) is 11.5. The van der Waals surface area contributed by atoms with E-state index in [0.717, 1.165) is 6.07 Å². The van der Waals surface area contributed by atoms with Crippen molar-refractivity contribution in [1.29, 1.82) is 0 Å². The number of nitrogens with one attached hydrogen (secondary N) is 1. The molecule has 0 bridgehead atoms. The quantitative estimate of drug-likeness (QED) is 0.358. The van der Waals surface area contributed by atoms with E-state index in [1.165, 1.54) is 30.5 Å². The van der Waals surface area contributed by atoms with Crippen LogP contribution in [0, 0.1) is 23.4 Å². The van der Waals surface area contributed by atoms with Gasteiger partial charge in [-0.1, -0.05) is 13.8 Å². The summed E-state index contributed by atoms with van der Waals surface area (Å²) in [5.41, 5.74) is 14.4. The molecule has 1 aliphatic heterocycles. The molecule has 2 aromatic carbocycles. The molecule has 0 amide bonds. The third-order valence-corrected chi connectivity index (χ3v) is 6.32. The fraction of sp³-hybridized carbons (Fsp3) is 0.346. The van der Waals surface area contributed by atoms with Crippen LogP contribution in [0.2, 0.25) is 0 Å². The Kier molecular flexibility index (Phi) is 9.03. The number of rotatable bonds is 6. The van der Waals surface area contributed by atoms with Crippen LogP contribution < -0.4 is 10.6 Å². The molecule has 0 saturated carbocycles. The van der Waals surface area contributed by atoms with E-state index in [0.29, 0.717) is 25.3 Å². The Morgan fingerprint density at radius 2 is 1.89 bits per heavy atom. The molecule has 6 nitrogen and oxygen atoms in total. The van der Waals surface area contributed by atoms with Crippen LogP contribution in [0.4, 0.5) is 24.7 Å². The first-order valence-electron chi connectivity index (χ1n) is 11.5. The Labute approximate surface area is 222 Å². The van der Waals surface area contributed by atoms with Crippen molar-refractivity contribution in [3.63, 3.8) is 0 Å². The van der Waals surface area contributed by atoms with E-state index in [9.17, 15) is 9.50 Å². The first kappa shape index (κ1) is 28.0. The smallest absolute Gasteiger partial charge is 0.182 e. The average molecular weight is 669 g/mol. The largest absolute Gasteiger partial charge is 0.677 e. The number of morpholine rings is 1. The number of anilines is 2. The zero-order chi connectivity index (χ0) is 25.3. The van der Waals surface area contributed by atoms with Crippen LogP contribution in [0.3, 0.4) is 0 Å². The number of aromatic hydroxyl groups is 1. The summed E-state index contributed by atoms with van der Waals surface area (Å²) in [6.45, 7) is 5.38. The van der Waals surface area contributed by atoms with Crippen LogP contribution in [-0.4, -0.2) is 42.4 Å². The maximum absolute atomic E-state index is 15.3. The minimum Gasteiger partial charge on any atom is -0.677 e. The maximum Gasteiger partial charge on any atom is 0.182 e. The van der Waals surface area contributed by atoms with E-state index in [4.69, 9.17) is 16.2 Å². The molecule has 1 aromatic heterocycles. The fourth-order valence-electron chi connectivity index (χ4n) is 4.29. The van der Waals surface area contributed by atoms with Gasteiger partial charge in [-0.05, 0) is 42.2 Å². The molecule has 1 unspecified atom stereocenters. The number of nitrogen functional groups attached to an aromatic ring is 1. The predicted molar refractivity (Wildman–Crippen MR) is 131 cm³/mol. The molecule has 1 aliphatic rings. The Balaban J connectivity index is 0.00000361. The summed E-state index contributed by atoms with van der Waals surface area (Å²) < 4.78 is 50.9. The summed E-state index contributed by atoms with van der Waals surface area (Å²) in [5.74, 6) is -2.76. The average Bonchev–Trinajstić information content (AvgIpc) is 2.83. The van der Waals surface area contributed by atoms with E-state index >= 15 is 8.78 Å². The maximum atomic E-state index is 15.3. The van der Waals surface area contributed by atoms with Gasteiger partial charge in [-0.3, -0.25) is 0 Å². The topological polar surface area (TPSA) is 95.4 Å². The van der Waals surface area contributed by atoms with Gasteiger partial charge in [-0.2, -0.15) is 0 Å².